The number of anilines is 1. The quantitative estimate of drug-likeness (QED) is 0.462. The van der Waals surface area contributed by atoms with Crippen LogP contribution in [0.25, 0.3) is 11.0 Å². The summed E-state index contributed by atoms with van der Waals surface area (Å²) in [5.74, 6) is -1.27. The summed E-state index contributed by atoms with van der Waals surface area (Å²) in [6.07, 6.45) is -1.16. The van der Waals surface area contributed by atoms with Crippen molar-refractivity contribution in [3.8, 4) is 0 Å². The van der Waals surface area contributed by atoms with Crippen molar-refractivity contribution in [1.29, 1.82) is 0 Å². The summed E-state index contributed by atoms with van der Waals surface area (Å²) >= 11 is 0. The Labute approximate surface area is 129 Å². The van der Waals surface area contributed by atoms with Crippen molar-refractivity contribution in [3.05, 3.63) is 18.1 Å². The minimum Gasteiger partial charge on any atom is -0.478 e. The Morgan fingerprint density at radius 2 is 2.22 bits per heavy atom. The van der Waals surface area contributed by atoms with Crippen molar-refractivity contribution < 1.29 is 30.0 Å². The number of carboxylic acid groups (broad SMARTS) is 1. The van der Waals surface area contributed by atoms with Crippen molar-refractivity contribution in [2.45, 2.75) is 31.0 Å². The van der Waals surface area contributed by atoms with E-state index in [0.29, 0.717) is 0 Å². The average molecular weight is 324 g/mol. The molecule has 1 fully saturated rings. The molecule has 124 valence electrons. The molecule has 0 spiro atoms. The predicted octanol–water partition coefficient (Wildman–Crippen LogP) is -1.29. The minimum absolute atomic E-state index is 0.0250. The Hall–Kier alpha value is -2.27. The molecule has 3 rings (SSSR count). The predicted molar refractivity (Wildman–Crippen MR) is 76.5 cm³/mol. The lowest BCUT2D eigenvalue weighted by atomic mass is 9.96. The number of aliphatic hydroxyl groups excluding tert-OH is 2. The van der Waals surface area contributed by atoms with Crippen molar-refractivity contribution in [2.24, 2.45) is 0 Å². The number of carbonyl (C=O) groups is 1. The van der Waals surface area contributed by atoms with E-state index in [0.717, 1.165) is 6.33 Å². The summed E-state index contributed by atoms with van der Waals surface area (Å²) in [7, 11) is 0. The van der Waals surface area contributed by atoms with Gasteiger partial charge in [-0.15, -0.1) is 0 Å². The number of nitrogens with zero attached hydrogens (tertiary/aromatic N) is 3. The van der Waals surface area contributed by atoms with E-state index in [2.05, 4.69) is 9.97 Å². The van der Waals surface area contributed by atoms with Gasteiger partial charge in [0.2, 0.25) is 0 Å². The van der Waals surface area contributed by atoms with Gasteiger partial charge in [0.25, 0.3) is 0 Å². The molecule has 1 saturated heterocycles. The van der Waals surface area contributed by atoms with Crippen LogP contribution in [0.3, 0.4) is 0 Å². The van der Waals surface area contributed by atoms with Crippen LogP contribution in [0.4, 0.5) is 5.82 Å². The highest BCUT2D eigenvalue weighted by Crippen LogP contribution is 2.40. The van der Waals surface area contributed by atoms with Gasteiger partial charge >= 0.3 is 5.97 Å². The van der Waals surface area contributed by atoms with Crippen molar-refractivity contribution in [3.63, 3.8) is 0 Å². The number of hydrogen-bond donors (Lipinski definition) is 5. The van der Waals surface area contributed by atoms with Crippen LogP contribution in [0.2, 0.25) is 0 Å². The molecule has 6 N–H and O–H groups in total. The second kappa shape index (κ2) is 5.13. The molecule has 2 aromatic rings. The fraction of sp³-hybridized carbons (Fsp3) is 0.462. The van der Waals surface area contributed by atoms with E-state index < -0.39 is 36.6 Å². The van der Waals surface area contributed by atoms with Gasteiger partial charge in [-0.1, -0.05) is 0 Å². The van der Waals surface area contributed by atoms with E-state index in [-0.39, 0.29) is 22.4 Å². The van der Waals surface area contributed by atoms with Crippen molar-refractivity contribution in [2.75, 3.05) is 12.3 Å². The third-order valence-electron chi connectivity index (χ3n) is 4.06. The molecule has 10 nitrogen and oxygen atoms in total. The lowest BCUT2D eigenvalue weighted by molar-refractivity contribution is -0.0948. The molecule has 0 aromatic carbocycles. The van der Waals surface area contributed by atoms with Gasteiger partial charge in [-0.2, -0.15) is 0 Å². The average Bonchev–Trinajstić information content (AvgIpc) is 2.97. The monoisotopic (exact) mass is 324 g/mol. The Bertz CT molecular complexity index is 773. The zero-order chi connectivity index (χ0) is 16.9. The smallest absolute Gasteiger partial charge is 0.338 e. The topological polar surface area (TPSA) is 164 Å². The minimum atomic E-state index is -1.77. The highest BCUT2D eigenvalue weighted by atomic mass is 16.6. The maximum atomic E-state index is 11.4. The molecule has 0 radical (unpaired) electrons. The van der Waals surface area contributed by atoms with Gasteiger partial charge in [0.05, 0.1) is 17.6 Å². The Morgan fingerprint density at radius 3 is 2.78 bits per heavy atom. The standard InChI is InChI=1S/C13H16N4O6/c1-13(22)8(19)6(3-18)23-12(13)17-2-5(11(20)21)7-9(14)15-4-16-10(7)17/h2,4,6,8,12,18-19,22H,3H2,1H3,(H,20,21)(H2,14,15,16)/t6-,8-,12-,13-/m1/s1. The first kappa shape index (κ1) is 15.6. The second-order valence-electron chi connectivity index (χ2n) is 5.59. The number of nitrogens with two attached hydrogens (primary N) is 1. The van der Waals surface area contributed by atoms with E-state index in [1.54, 1.807) is 0 Å². The fourth-order valence-electron chi connectivity index (χ4n) is 2.84. The molecule has 2 aromatic heterocycles. The first-order chi connectivity index (χ1) is 10.8. The number of aliphatic hydroxyl groups is 3. The number of hydrogen-bond acceptors (Lipinski definition) is 8. The van der Waals surface area contributed by atoms with E-state index in [1.165, 1.54) is 17.7 Å². The Morgan fingerprint density at radius 1 is 1.52 bits per heavy atom. The molecule has 0 saturated carbocycles. The van der Waals surface area contributed by atoms with Gasteiger partial charge in [-0.3, -0.25) is 0 Å². The van der Waals surface area contributed by atoms with Crippen LogP contribution in [-0.2, 0) is 4.74 Å². The van der Waals surface area contributed by atoms with Crippen molar-refractivity contribution >= 4 is 22.8 Å². The van der Waals surface area contributed by atoms with Crippen LogP contribution in [-0.4, -0.2) is 65.3 Å². The summed E-state index contributed by atoms with van der Waals surface area (Å²) in [6.45, 7) is 0.824. The number of fused-ring (bicyclic) bond motifs is 1. The van der Waals surface area contributed by atoms with Crippen molar-refractivity contribution in [1.82, 2.24) is 14.5 Å². The van der Waals surface area contributed by atoms with E-state index in [1.807, 2.05) is 0 Å². The molecule has 0 bridgehead atoms. The van der Waals surface area contributed by atoms with Crippen LogP contribution in [0.15, 0.2) is 12.5 Å². The van der Waals surface area contributed by atoms with Gasteiger partial charge < -0.3 is 35.5 Å². The molecule has 0 aliphatic carbocycles. The molecule has 0 unspecified atom stereocenters. The van der Waals surface area contributed by atoms with Gasteiger partial charge in [-0.05, 0) is 6.92 Å². The molecular formula is C13H16N4O6. The molecule has 0 amide bonds. The summed E-state index contributed by atoms with van der Waals surface area (Å²) in [5.41, 5.74) is 3.96. The third-order valence-corrected chi connectivity index (χ3v) is 4.06. The molecular weight excluding hydrogens is 308 g/mol. The zero-order valence-corrected chi connectivity index (χ0v) is 12.1. The zero-order valence-electron chi connectivity index (χ0n) is 12.1. The van der Waals surface area contributed by atoms with Crippen LogP contribution in [0, 0.1) is 0 Å². The normalized spacial score (nSPS) is 30.9. The molecule has 4 atom stereocenters. The highest BCUT2D eigenvalue weighted by molar-refractivity contribution is 6.06. The maximum Gasteiger partial charge on any atom is 0.338 e. The number of nitrogen functional groups attached to an aromatic ring is 1. The number of aromatic nitrogens is 3. The van der Waals surface area contributed by atoms with Gasteiger partial charge in [0.1, 0.15) is 35.6 Å². The van der Waals surface area contributed by atoms with Crippen LogP contribution < -0.4 is 5.73 Å². The van der Waals surface area contributed by atoms with Crippen LogP contribution in [0.5, 0.6) is 0 Å². The molecule has 1 aliphatic heterocycles. The summed E-state index contributed by atoms with van der Waals surface area (Å²) in [5, 5.41) is 39.3. The summed E-state index contributed by atoms with van der Waals surface area (Å²) in [4.78, 5) is 19.2. The molecule has 23 heavy (non-hydrogen) atoms. The number of rotatable bonds is 3. The first-order valence-electron chi connectivity index (χ1n) is 6.80. The number of carboxylic acids is 1. The van der Waals surface area contributed by atoms with E-state index in [9.17, 15) is 25.2 Å². The fourth-order valence-corrected chi connectivity index (χ4v) is 2.84. The molecule has 1 aliphatic rings. The SMILES string of the molecule is C[C@@]1(O)[C@H](O)[C@@H](CO)O[C@H]1n1cc(C(=O)O)c2c(N)ncnc21. The van der Waals surface area contributed by atoms with E-state index >= 15 is 0 Å². The largest absolute Gasteiger partial charge is 0.478 e. The lowest BCUT2D eigenvalue weighted by Crippen LogP contribution is -2.44. The third kappa shape index (κ3) is 2.15. The van der Waals surface area contributed by atoms with Crippen LogP contribution in [0.1, 0.15) is 23.5 Å². The Kier molecular flexibility index (Phi) is 3.48. The second-order valence-corrected chi connectivity index (χ2v) is 5.59. The lowest BCUT2D eigenvalue weighted by Gasteiger charge is -2.27. The number of aromatic carboxylic acids is 1. The van der Waals surface area contributed by atoms with E-state index in [4.69, 9.17) is 10.5 Å². The van der Waals surface area contributed by atoms with Gasteiger partial charge in [-0.25, -0.2) is 14.8 Å². The van der Waals surface area contributed by atoms with Crippen LogP contribution >= 0.6 is 0 Å². The maximum absolute atomic E-state index is 11.4. The molecule has 3 heterocycles. The highest BCUT2D eigenvalue weighted by Gasteiger charge is 2.53. The van der Waals surface area contributed by atoms with Gasteiger partial charge in [0, 0.05) is 6.20 Å². The number of ether oxygens (including phenoxy) is 1. The summed E-state index contributed by atoms with van der Waals surface area (Å²) < 4.78 is 6.76. The Balaban J connectivity index is 2.21. The first-order valence-corrected chi connectivity index (χ1v) is 6.80. The summed E-state index contributed by atoms with van der Waals surface area (Å²) in [6, 6.07) is 0. The van der Waals surface area contributed by atoms with Gasteiger partial charge in [0.15, 0.2) is 6.23 Å². The molecule has 10 heteroatoms.